The third-order valence-electron chi connectivity index (χ3n) is 4.74. The smallest absolute Gasteiger partial charge is 0.418 e. The van der Waals surface area contributed by atoms with Crippen LogP contribution in [0.15, 0.2) is 18.2 Å². The number of halogens is 4. The Morgan fingerprint density at radius 1 is 0.625 bits per heavy atom. The van der Waals surface area contributed by atoms with Crippen molar-refractivity contribution < 1.29 is 39.6 Å². The molecule has 0 spiro atoms. The monoisotopic (exact) mass is 589 g/mol. The first kappa shape index (κ1) is 34.7. The maximum absolute atomic E-state index is 9.75. The molecule has 32 heavy (non-hydrogen) atoms. The molecule has 0 radical (unpaired) electrons. The van der Waals surface area contributed by atoms with Crippen LogP contribution < -0.4 is 0 Å². The van der Waals surface area contributed by atoms with Crippen molar-refractivity contribution in [1.82, 2.24) is 4.98 Å². The van der Waals surface area contributed by atoms with E-state index in [9.17, 15) is 17.3 Å². The summed E-state index contributed by atoms with van der Waals surface area (Å²) in [5.74, 6) is 0. The van der Waals surface area contributed by atoms with E-state index >= 15 is 0 Å². The first-order chi connectivity index (χ1) is 13.4. The zero-order chi connectivity index (χ0) is 25.1. The van der Waals surface area contributed by atoms with Gasteiger partial charge in [0.25, 0.3) is 0 Å². The Hall–Kier alpha value is 0.535. The Morgan fingerprint density at radius 2 is 0.844 bits per heavy atom. The van der Waals surface area contributed by atoms with Gasteiger partial charge in [0, 0.05) is 23.7 Å². The van der Waals surface area contributed by atoms with Gasteiger partial charge >= 0.3 is 29.6 Å². The zero-order valence-corrected chi connectivity index (χ0v) is 25.1. The minimum atomic E-state index is -6.00. The Labute approximate surface area is 212 Å². The molecule has 0 saturated carbocycles. The zero-order valence-electron chi connectivity index (χ0n) is 21.9. The number of pyridine rings is 1. The fourth-order valence-corrected chi connectivity index (χ4v) is 10.9. The molecule has 0 unspecified atom stereocenters. The van der Waals surface area contributed by atoms with Crippen molar-refractivity contribution in [3.8, 4) is 0 Å². The third-order valence-corrected chi connectivity index (χ3v) is 12.5. The van der Waals surface area contributed by atoms with E-state index in [0.717, 1.165) is 12.3 Å². The predicted molar refractivity (Wildman–Crippen MR) is 135 cm³/mol. The van der Waals surface area contributed by atoms with Gasteiger partial charge in [-0.1, -0.05) is 105 Å². The van der Waals surface area contributed by atoms with Gasteiger partial charge in [0.15, 0.2) is 0 Å². The van der Waals surface area contributed by atoms with E-state index in [2.05, 4.69) is 101 Å². The molecule has 0 aliphatic carbocycles. The number of hydrogen-bond donors (Lipinski definition) is 0. The van der Waals surface area contributed by atoms with Crippen LogP contribution in [0.4, 0.5) is 17.3 Å². The van der Waals surface area contributed by atoms with Crippen LogP contribution >= 0.6 is 15.8 Å². The molecular weight excluding hydrogens is 547 g/mol. The Morgan fingerprint density at radius 3 is 1.03 bits per heavy atom. The number of aromatic nitrogens is 1. The fraction of sp³-hybridized carbons (Fsp3) is 0.783. The van der Waals surface area contributed by atoms with Gasteiger partial charge in [0.05, 0.1) is 0 Å². The Bertz CT molecular complexity index is 604. The number of rotatable bonds is 4. The second-order valence-electron chi connectivity index (χ2n) is 12.0. The maximum atomic E-state index is 9.75. The normalized spacial score (nSPS) is 13.6. The topological polar surface area (TPSA) is 12.9 Å². The quantitative estimate of drug-likeness (QED) is 0.194. The van der Waals surface area contributed by atoms with Crippen LogP contribution in [-0.4, -0.2) is 32.9 Å². The van der Waals surface area contributed by atoms with E-state index < -0.39 is 7.25 Å². The average molecular weight is 590 g/mol. The van der Waals surface area contributed by atoms with Crippen LogP contribution in [0.3, 0.4) is 0 Å². The average Bonchev–Trinajstić information content (AvgIpc) is 2.44. The molecule has 0 saturated heterocycles. The molecule has 0 atom stereocenters. The van der Waals surface area contributed by atoms with E-state index in [-0.39, 0.29) is 38.2 Å². The van der Waals surface area contributed by atoms with Crippen molar-refractivity contribution in [2.24, 2.45) is 0 Å². The summed E-state index contributed by atoms with van der Waals surface area (Å²) >= 11 is 0. The third kappa shape index (κ3) is 14.7. The summed E-state index contributed by atoms with van der Waals surface area (Å²) in [6, 6.07) is 6.72. The number of hydrogen-bond acceptors (Lipinski definition) is 1. The van der Waals surface area contributed by atoms with E-state index in [1.54, 1.807) is 0 Å². The standard InChI is InChI=1S/C23H43NP2.Ag.BF4/c1-20(2,3)25(21(4,5)6)16-18-14-13-15-19(24-18)17-26(22(7,8)9)23(10,11)12;;2-1(3,4)5/h13-15H,16-17H2,1-12H3;;/q;+1;-1. The van der Waals surface area contributed by atoms with Crippen molar-refractivity contribution in [3.05, 3.63) is 29.6 Å². The van der Waals surface area contributed by atoms with Gasteiger partial charge in [-0.3, -0.25) is 4.98 Å². The minimum absolute atomic E-state index is 0. The molecule has 1 nitrogen and oxygen atoms in total. The molecular formula is C23H43AgBF4NP2. The molecule has 0 bridgehead atoms. The van der Waals surface area contributed by atoms with Crippen LogP contribution in [0.5, 0.6) is 0 Å². The van der Waals surface area contributed by atoms with Crippen LogP contribution in [0.25, 0.3) is 0 Å². The molecule has 0 fully saturated rings. The molecule has 1 rings (SSSR count). The van der Waals surface area contributed by atoms with Crippen molar-refractivity contribution in [3.63, 3.8) is 0 Å². The van der Waals surface area contributed by atoms with Gasteiger partial charge in [-0.15, -0.1) is 0 Å². The SMILES string of the molecule is CC(C)(C)P(Cc1cccc(CP(C(C)(C)C)C(C)(C)C)n1)C(C)(C)C.F[B-](F)(F)F.[Ag+]. The summed E-state index contributed by atoms with van der Waals surface area (Å²) in [5, 5.41) is 1.37. The van der Waals surface area contributed by atoms with Gasteiger partial charge in [-0.2, -0.15) is 0 Å². The molecule has 1 heterocycles. The van der Waals surface area contributed by atoms with Gasteiger partial charge in [0.1, 0.15) is 0 Å². The Kier molecular flexibility index (Phi) is 13.5. The Balaban J connectivity index is 0. The first-order valence-corrected chi connectivity index (χ1v) is 13.9. The summed E-state index contributed by atoms with van der Waals surface area (Å²) < 4.78 is 39.0. The van der Waals surface area contributed by atoms with Crippen LogP contribution in [0, 0.1) is 0 Å². The molecule has 0 aliphatic rings. The van der Waals surface area contributed by atoms with E-state index in [1.807, 2.05) is 0 Å². The summed E-state index contributed by atoms with van der Waals surface area (Å²) in [5.41, 5.74) is 2.58. The van der Waals surface area contributed by atoms with Gasteiger partial charge in [-0.05, 0) is 32.8 Å². The van der Waals surface area contributed by atoms with Crippen LogP contribution in [0.2, 0.25) is 0 Å². The predicted octanol–water partition coefficient (Wildman–Crippen LogP) is 9.54. The van der Waals surface area contributed by atoms with Crippen molar-refractivity contribution in [2.75, 3.05) is 0 Å². The summed E-state index contributed by atoms with van der Waals surface area (Å²) in [4.78, 5) is 5.14. The van der Waals surface area contributed by atoms with Crippen LogP contribution in [-0.2, 0) is 34.7 Å². The molecule has 0 amide bonds. The fourth-order valence-electron chi connectivity index (χ4n) is 3.99. The first-order valence-electron chi connectivity index (χ1n) is 10.8. The second-order valence-corrected chi connectivity index (χ2v) is 19.7. The van der Waals surface area contributed by atoms with Gasteiger partial charge in [0.2, 0.25) is 0 Å². The van der Waals surface area contributed by atoms with Gasteiger partial charge < -0.3 is 17.3 Å². The van der Waals surface area contributed by atoms with Crippen molar-refractivity contribution in [1.29, 1.82) is 0 Å². The molecule has 9 heteroatoms. The summed E-state index contributed by atoms with van der Waals surface area (Å²) in [6.07, 6.45) is 2.25. The molecule has 1 aromatic heterocycles. The van der Waals surface area contributed by atoms with E-state index in [4.69, 9.17) is 4.98 Å². The van der Waals surface area contributed by atoms with Crippen molar-refractivity contribution >= 4 is 23.1 Å². The summed E-state index contributed by atoms with van der Waals surface area (Å²) in [7, 11) is -6.31. The maximum Gasteiger partial charge on any atom is 1.00 e. The molecule has 0 N–H and O–H groups in total. The minimum Gasteiger partial charge on any atom is -0.418 e. The summed E-state index contributed by atoms with van der Waals surface area (Å²) in [6.45, 7) is 28.7. The molecule has 0 aromatic carbocycles. The molecule has 192 valence electrons. The largest absolute Gasteiger partial charge is 1.00 e. The molecule has 0 aliphatic heterocycles. The number of nitrogens with zero attached hydrogens (tertiary/aromatic N) is 1. The van der Waals surface area contributed by atoms with Gasteiger partial charge in [-0.25, -0.2) is 0 Å². The molecule has 1 aromatic rings. The van der Waals surface area contributed by atoms with Crippen molar-refractivity contribution in [2.45, 2.75) is 116 Å². The van der Waals surface area contributed by atoms with E-state index in [1.165, 1.54) is 11.4 Å². The van der Waals surface area contributed by atoms with Crippen LogP contribution in [0.1, 0.15) is 94.5 Å². The van der Waals surface area contributed by atoms with E-state index in [0.29, 0.717) is 20.6 Å². The second kappa shape index (κ2) is 12.5.